The van der Waals surface area contributed by atoms with Crippen LogP contribution >= 0.6 is 0 Å². The lowest BCUT2D eigenvalue weighted by molar-refractivity contribution is -0.110. The molecule has 3 nitrogen and oxygen atoms in total. The SMILES string of the molecule is O=CN[C@H](CN1CCCC1)c1ccccc1. The third kappa shape index (κ3) is 2.83. The number of carbonyl (C=O) groups excluding carboxylic acids is 1. The minimum absolute atomic E-state index is 0.122. The average Bonchev–Trinajstić information content (AvgIpc) is 2.83. The van der Waals surface area contributed by atoms with Gasteiger partial charge in [0.05, 0.1) is 6.04 Å². The van der Waals surface area contributed by atoms with E-state index in [2.05, 4.69) is 22.3 Å². The first-order valence-electron chi connectivity index (χ1n) is 5.87. The zero-order chi connectivity index (χ0) is 11.2. The van der Waals surface area contributed by atoms with Gasteiger partial charge in [0.1, 0.15) is 0 Å². The summed E-state index contributed by atoms with van der Waals surface area (Å²) in [5, 5.41) is 2.90. The second kappa shape index (κ2) is 5.66. The maximum absolute atomic E-state index is 10.6. The number of nitrogens with zero attached hydrogens (tertiary/aromatic N) is 1. The van der Waals surface area contributed by atoms with E-state index >= 15 is 0 Å². The number of nitrogens with one attached hydrogen (secondary N) is 1. The molecule has 1 aromatic carbocycles. The summed E-state index contributed by atoms with van der Waals surface area (Å²) in [4.78, 5) is 13.0. The molecule has 3 heteroatoms. The molecule has 1 saturated heterocycles. The second-order valence-corrected chi connectivity index (χ2v) is 4.26. The van der Waals surface area contributed by atoms with Gasteiger partial charge in [-0.2, -0.15) is 0 Å². The molecule has 1 fully saturated rings. The molecule has 1 amide bonds. The molecule has 0 radical (unpaired) electrons. The molecule has 0 bridgehead atoms. The van der Waals surface area contributed by atoms with Crippen LogP contribution in [0, 0.1) is 0 Å². The Labute approximate surface area is 96.5 Å². The van der Waals surface area contributed by atoms with Crippen molar-refractivity contribution in [2.45, 2.75) is 18.9 Å². The molecule has 0 aromatic heterocycles. The van der Waals surface area contributed by atoms with E-state index in [4.69, 9.17) is 0 Å². The van der Waals surface area contributed by atoms with E-state index in [-0.39, 0.29) is 6.04 Å². The van der Waals surface area contributed by atoms with Crippen molar-refractivity contribution in [1.82, 2.24) is 10.2 Å². The number of carbonyl (C=O) groups is 1. The van der Waals surface area contributed by atoms with Crippen LogP contribution in [0.25, 0.3) is 0 Å². The lowest BCUT2D eigenvalue weighted by atomic mass is 10.1. The van der Waals surface area contributed by atoms with E-state index < -0.39 is 0 Å². The summed E-state index contributed by atoms with van der Waals surface area (Å²) in [6.07, 6.45) is 3.36. The van der Waals surface area contributed by atoms with Crippen LogP contribution < -0.4 is 5.32 Å². The van der Waals surface area contributed by atoms with Gasteiger partial charge in [-0.15, -0.1) is 0 Å². The molecule has 0 saturated carbocycles. The van der Waals surface area contributed by atoms with Crippen molar-refractivity contribution < 1.29 is 4.79 Å². The monoisotopic (exact) mass is 218 g/mol. The molecule has 2 rings (SSSR count). The number of hydrogen-bond donors (Lipinski definition) is 1. The van der Waals surface area contributed by atoms with E-state index in [9.17, 15) is 4.79 Å². The Kier molecular flexibility index (Phi) is 3.94. The maximum Gasteiger partial charge on any atom is 0.207 e. The lowest BCUT2D eigenvalue weighted by Gasteiger charge is -2.23. The second-order valence-electron chi connectivity index (χ2n) is 4.26. The van der Waals surface area contributed by atoms with Gasteiger partial charge in [0.2, 0.25) is 6.41 Å². The summed E-state index contributed by atoms with van der Waals surface area (Å²) in [7, 11) is 0. The highest BCUT2D eigenvalue weighted by Gasteiger charge is 2.17. The Balaban J connectivity index is 2.01. The lowest BCUT2D eigenvalue weighted by Crippen LogP contribution is -2.33. The summed E-state index contributed by atoms with van der Waals surface area (Å²) in [6, 6.07) is 10.3. The number of likely N-dealkylation sites (tertiary alicyclic amines) is 1. The van der Waals surface area contributed by atoms with Gasteiger partial charge in [-0.1, -0.05) is 30.3 Å². The Morgan fingerprint density at radius 1 is 1.25 bits per heavy atom. The molecule has 1 atom stereocenters. The summed E-state index contributed by atoms with van der Waals surface area (Å²) < 4.78 is 0. The summed E-state index contributed by atoms with van der Waals surface area (Å²) in [5.74, 6) is 0. The molecule has 1 heterocycles. The van der Waals surface area contributed by atoms with Crippen LogP contribution in [0.4, 0.5) is 0 Å². The van der Waals surface area contributed by atoms with E-state index in [1.165, 1.54) is 18.4 Å². The van der Waals surface area contributed by atoms with Crippen LogP contribution in [0.1, 0.15) is 24.4 Å². The van der Waals surface area contributed by atoms with Gasteiger partial charge >= 0.3 is 0 Å². The predicted molar refractivity (Wildman–Crippen MR) is 64.1 cm³/mol. The fraction of sp³-hybridized carbons (Fsp3) is 0.462. The third-order valence-electron chi connectivity index (χ3n) is 3.11. The maximum atomic E-state index is 10.6. The molecule has 86 valence electrons. The topological polar surface area (TPSA) is 32.3 Å². The molecule has 0 aliphatic carbocycles. The molecule has 1 aliphatic heterocycles. The fourth-order valence-electron chi connectivity index (χ4n) is 2.25. The van der Waals surface area contributed by atoms with Gasteiger partial charge in [0.25, 0.3) is 0 Å². The Morgan fingerprint density at radius 2 is 1.94 bits per heavy atom. The van der Waals surface area contributed by atoms with Gasteiger partial charge in [0, 0.05) is 6.54 Å². The van der Waals surface area contributed by atoms with Crippen LogP contribution in [0.3, 0.4) is 0 Å². The van der Waals surface area contributed by atoms with Crippen molar-refractivity contribution >= 4 is 6.41 Å². The van der Waals surface area contributed by atoms with Crippen molar-refractivity contribution in [3.8, 4) is 0 Å². The van der Waals surface area contributed by atoms with E-state index in [0.717, 1.165) is 26.0 Å². The minimum atomic E-state index is 0.122. The molecule has 0 spiro atoms. The van der Waals surface area contributed by atoms with Gasteiger partial charge in [-0.25, -0.2) is 0 Å². The van der Waals surface area contributed by atoms with Crippen LogP contribution in [0.5, 0.6) is 0 Å². The first-order chi connectivity index (χ1) is 7.90. The Hall–Kier alpha value is -1.35. The largest absolute Gasteiger partial charge is 0.351 e. The minimum Gasteiger partial charge on any atom is -0.351 e. The molecule has 1 aromatic rings. The van der Waals surface area contributed by atoms with Crippen molar-refractivity contribution in [3.05, 3.63) is 35.9 Å². The normalized spacial score (nSPS) is 18.2. The number of rotatable bonds is 5. The van der Waals surface area contributed by atoms with Crippen molar-refractivity contribution in [2.24, 2.45) is 0 Å². The molecular weight excluding hydrogens is 200 g/mol. The van der Waals surface area contributed by atoms with Crippen LogP contribution in [-0.2, 0) is 4.79 Å². The highest BCUT2D eigenvalue weighted by Crippen LogP contribution is 2.16. The van der Waals surface area contributed by atoms with Crippen LogP contribution in [0.2, 0.25) is 0 Å². The fourth-order valence-corrected chi connectivity index (χ4v) is 2.25. The molecule has 1 aliphatic rings. The summed E-state index contributed by atoms with van der Waals surface area (Å²) in [6.45, 7) is 3.23. The standard InChI is InChI=1S/C13H18N2O/c16-11-14-13(10-15-8-4-5-9-15)12-6-2-1-3-7-12/h1-3,6-7,11,13H,4-5,8-10H2,(H,14,16)/t13-/m1/s1. The van der Waals surface area contributed by atoms with Crippen LogP contribution in [0.15, 0.2) is 30.3 Å². The highest BCUT2D eigenvalue weighted by molar-refractivity contribution is 5.47. The summed E-state index contributed by atoms with van der Waals surface area (Å²) in [5.41, 5.74) is 1.18. The first kappa shape index (κ1) is 11.1. The molecule has 0 unspecified atom stereocenters. The predicted octanol–water partition coefficient (Wildman–Crippen LogP) is 1.57. The summed E-state index contributed by atoms with van der Waals surface area (Å²) >= 11 is 0. The van der Waals surface area contributed by atoms with E-state index in [1.807, 2.05) is 18.2 Å². The first-order valence-corrected chi connectivity index (χ1v) is 5.87. The zero-order valence-electron chi connectivity index (χ0n) is 9.43. The van der Waals surface area contributed by atoms with Gasteiger partial charge in [-0.3, -0.25) is 4.79 Å². The average molecular weight is 218 g/mol. The molecule has 1 N–H and O–H groups in total. The smallest absolute Gasteiger partial charge is 0.207 e. The Bertz CT molecular complexity index is 320. The van der Waals surface area contributed by atoms with Gasteiger partial charge in [-0.05, 0) is 31.5 Å². The zero-order valence-corrected chi connectivity index (χ0v) is 9.43. The number of amides is 1. The van der Waals surface area contributed by atoms with E-state index in [0.29, 0.717) is 0 Å². The third-order valence-corrected chi connectivity index (χ3v) is 3.11. The van der Waals surface area contributed by atoms with Gasteiger partial charge in [0.15, 0.2) is 0 Å². The molecular formula is C13H18N2O. The number of hydrogen-bond acceptors (Lipinski definition) is 2. The highest BCUT2D eigenvalue weighted by atomic mass is 16.1. The van der Waals surface area contributed by atoms with E-state index in [1.54, 1.807) is 0 Å². The van der Waals surface area contributed by atoms with Gasteiger partial charge < -0.3 is 10.2 Å². The van der Waals surface area contributed by atoms with Crippen LogP contribution in [-0.4, -0.2) is 30.9 Å². The Morgan fingerprint density at radius 3 is 2.56 bits per heavy atom. The number of benzene rings is 1. The van der Waals surface area contributed by atoms with Crippen molar-refractivity contribution in [2.75, 3.05) is 19.6 Å². The quantitative estimate of drug-likeness (QED) is 0.761. The molecule has 16 heavy (non-hydrogen) atoms. The van der Waals surface area contributed by atoms with Crippen molar-refractivity contribution in [1.29, 1.82) is 0 Å². The van der Waals surface area contributed by atoms with Crippen molar-refractivity contribution in [3.63, 3.8) is 0 Å².